The first kappa shape index (κ1) is 17.5. The minimum absolute atomic E-state index is 0.318. The van der Waals surface area contributed by atoms with Crippen molar-refractivity contribution in [3.8, 4) is 6.07 Å². The summed E-state index contributed by atoms with van der Waals surface area (Å²) in [4.78, 5) is 16.7. The predicted octanol–water partition coefficient (Wildman–Crippen LogP) is 3.17. The van der Waals surface area contributed by atoms with E-state index >= 15 is 0 Å². The average molecular weight is 313 g/mol. The van der Waals surface area contributed by atoms with Crippen molar-refractivity contribution in [1.82, 2.24) is 9.80 Å². The molecule has 0 aromatic heterocycles. The van der Waals surface area contributed by atoms with Crippen molar-refractivity contribution >= 4 is 5.91 Å². The van der Waals surface area contributed by atoms with Gasteiger partial charge in [0.25, 0.3) is 0 Å². The first-order chi connectivity index (χ1) is 11.2. The Balaban J connectivity index is 1.81. The zero-order valence-electron chi connectivity index (χ0n) is 14.1. The van der Waals surface area contributed by atoms with E-state index in [2.05, 4.69) is 17.9 Å². The predicted molar refractivity (Wildman–Crippen MR) is 91.8 cm³/mol. The second kappa shape index (κ2) is 9.32. The minimum atomic E-state index is 0.318. The van der Waals surface area contributed by atoms with Crippen LogP contribution in [0.25, 0.3) is 0 Å². The van der Waals surface area contributed by atoms with Gasteiger partial charge in [0.05, 0.1) is 11.6 Å². The molecule has 1 fully saturated rings. The first-order valence-electron chi connectivity index (χ1n) is 8.72. The fourth-order valence-corrected chi connectivity index (χ4v) is 3.01. The fraction of sp³-hybridized carbons (Fsp3) is 0.579. The van der Waals surface area contributed by atoms with Gasteiger partial charge in [-0.1, -0.05) is 31.9 Å². The topological polar surface area (TPSA) is 47.3 Å². The fourth-order valence-electron chi connectivity index (χ4n) is 3.01. The molecular formula is C19H27N3O. The van der Waals surface area contributed by atoms with Crippen LogP contribution in [0.4, 0.5) is 0 Å². The Morgan fingerprint density at radius 3 is 2.61 bits per heavy atom. The van der Waals surface area contributed by atoms with Crippen LogP contribution in [0.1, 0.15) is 50.2 Å². The number of rotatable bonds is 6. The Kier molecular flexibility index (Phi) is 7.09. The molecule has 1 aliphatic heterocycles. The molecule has 1 aromatic rings. The molecule has 23 heavy (non-hydrogen) atoms. The van der Waals surface area contributed by atoms with E-state index in [-0.39, 0.29) is 0 Å². The van der Waals surface area contributed by atoms with Gasteiger partial charge in [0, 0.05) is 39.1 Å². The van der Waals surface area contributed by atoms with Gasteiger partial charge in [-0.05, 0) is 30.5 Å². The number of nitriles is 1. The molecule has 0 unspecified atom stereocenters. The van der Waals surface area contributed by atoms with Gasteiger partial charge in [0.15, 0.2) is 0 Å². The molecule has 4 heteroatoms. The highest BCUT2D eigenvalue weighted by Gasteiger charge is 2.18. The maximum Gasteiger partial charge on any atom is 0.222 e. The van der Waals surface area contributed by atoms with Gasteiger partial charge in [-0.25, -0.2) is 0 Å². The Bertz CT molecular complexity index is 533. The highest BCUT2D eigenvalue weighted by molar-refractivity contribution is 5.76. The number of hydrogen-bond donors (Lipinski definition) is 0. The van der Waals surface area contributed by atoms with Crippen molar-refractivity contribution in [3.63, 3.8) is 0 Å². The Labute approximate surface area is 139 Å². The van der Waals surface area contributed by atoms with E-state index < -0.39 is 0 Å². The molecule has 1 heterocycles. The van der Waals surface area contributed by atoms with Crippen molar-refractivity contribution in [2.24, 2.45) is 0 Å². The Morgan fingerprint density at radius 2 is 1.91 bits per heavy atom. The molecule has 0 aliphatic carbocycles. The van der Waals surface area contributed by atoms with Crippen LogP contribution in [0.5, 0.6) is 0 Å². The van der Waals surface area contributed by atoms with E-state index in [1.807, 2.05) is 29.2 Å². The standard InChI is InChI=1S/C19H27N3O/c1-2-3-4-6-19(23)22-12-5-11-21(13-14-22)16-18-9-7-17(15-20)8-10-18/h7-10H,2-6,11-14,16H2,1H3. The summed E-state index contributed by atoms with van der Waals surface area (Å²) in [6.07, 6.45) is 5.05. The van der Waals surface area contributed by atoms with Crippen molar-refractivity contribution < 1.29 is 4.79 Å². The highest BCUT2D eigenvalue weighted by atomic mass is 16.2. The summed E-state index contributed by atoms with van der Waals surface area (Å²) in [5, 5.41) is 8.85. The molecule has 1 amide bonds. The highest BCUT2D eigenvalue weighted by Crippen LogP contribution is 2.12. The van der Waals surface area contributed by atoms with Crippen LogP contribution in [-0.4, -0.2) is 41.9 Å². The molecule has 0 N–H and O–H groups in total. The lowest BCUT2D eigenvalue weighted by molar-refractivity contribution is -0.131. The molecule has 0 bridgehead atoms. The van der Waals surface area contributed by atoms with Crippen LogP contribution in [-0.2, 0) is 11.3 Å². The summed E-state index contributed by atoms with van der Waals surface area (Å²) >= 11 is 0. The Hall–Kier alpha value is -1.86. The van der Waals surface area contributed by atoms with Crippen LogP contribution < -0.4 is 0 Å². The molecule has 2 rings (SSSR count). The SMILES string of the molecule is CCCCCC(=O)N1CCCN(Cc2ccc(C#N)cc2)CC1. The maximum absolute atomic E-state index is 12.2. The third-order valence-electron chi connectivity index (χ3n) is 4.42. The van der Waals surface area contributed by atoms with Crippen LogP contribution in [0.15, 0.2) is 24.3 Å². The molecule has 0 atom stereocenters. The average Bonchev–Trinajstić information content (AvgIpc) is 2.81. The van der Waals surface area contributed by atoms with Gasteiger partial charge in [-0.3, -0.25) is 9.69 Å². The third-order valence-corrected chi connectivity index (χ3v) is 4.42. The monoisotopic (exact) mass is 313 g/mol. The normalized spacial score (nSPS) is 15.9. The maximum atomic E-state index is 12.2. The van der Waals surface area contributed by atoms with Gasteiger partial charge in [-0.2, -0.15) is 5.26 Å². The van der Waals surface area contributed by atoms with Crippen molar-refractivity contribution in [3.05, 3.63) is 35.4 Å². The van der Waals surface area contributed by atoms with Crippen LogP contribution in [0.3, 0.4) is 0 Å². The molecule has 4 nitrogen and oxygen atoms in total. The zero-order chi connectivity index (χ0) is 16.5. The number of hydrogen-bond acceptors (Lipinski definition) is 3. The van der Waals surface area contributed by atoms with E-state index in [0.717, 1.165) is 58.4 Å². The molecule has 1 aromatic carbocycles. The first-order valence-corrected chi connectivity index (χ1v) is 8.72. The molecular weight excluding hydrogens is 286 g/mol. The Morgan fingerprint density at radius 1 is 1.13 bits per heavy atom. The van der Waals surface area contributed by atoms with Gasteiger partial charge < -0.3 is 4.90 Å². The van der Waals surface area contributed by atoms with Crippen molar-refractivity contribution in [1.29, 1.82) is 5.26 Å². The second-order valence-electron chi connectivity index (χ2n) is 6.28. The molecule has 1 aliphatic rings. The van der Waals surface area contributed by atoms with Gasteiger partial charge in [-0.15, -0.1) is 0 Å². The van der Waals surface area contributed by atoms with Crippen LogP contribution in [0, 0.1) is 11.3 Å². The summed E-state index contributed by atoms with van der Waals surface area (Å²) in [6, 6.07) is 9.94. The van der Waals surface area contributed by atoms with Gasteiger partial charge >= 0.3 is 0 Å². The number of benzene rings is 1. The third kappa shape index (κ3) is 5.69. The molecule has 0 radical (unpaired) electrons. The van der Waals surface area contributed by atoms with Crippen molar-refractivity contribution in [2.75, 3.05) is 26.2 Å². The van der Waals surface area contributed by atoms with Crippen LogP contribution in [0.2, 0.25) is 0 Å². The summed E-state index contributed by atoms with van der Waals surface area (Å²) in [5.41, 5.74) is 1.93. The zero-order valence-corrected chi connectivity index (χ0v) is 14.1. The van der Waals surface area contributed by atoms with E-state index in [0.29, 0.717) is 17.9 Å². The summed E-state index contributed by atoms with van der Waals surface area (Å²) in [5.74, 6) is 0.318. The quantitative estimate of drug-likeness (QED) is 0.758. The molecule has 1 saturated heterocycles. The van der Waals surface area contributed by atoms with Gasteiger partial charge in [0.1, 0.15) is 0 Å². The van der Waals surface area contributed by atoms with E-state index in [9.17, 15) is 4.79 Å². The van der Waals surface area contributed by atoms with E-state index in [1.54, 1.807) is 0 Å². The number of carbonyl (C=O) groups is 1. The number of carbonyl (C=O) groups excluding carboxylic acids is 1. The van der Waals surface area contributed by atoms with Gasteiger partial charge in [0.2, 0.25) is 5.91 Å². The molecule has 0 spiro atoms. The lowest BCUT2D eigenvalue weighted by atomic mass is 10.1. The lowest BCUT2D eigenvalue weighted by Gasteiger charge is -2.22. The minimum Gasteiger partial charge on any atom is -0.341 e. The summed E-state index contributed by atoms with van der Waals surface area (Å²) in [7, 11) is 0. The largest absolute Gasteiger partial charge is 0.341 e. The second-order valence-corrected chi connectivity index (χ2v) is 6.28. The molecule has 124 valence electrons. The smallest absolute Gasteiger partial charge is 0.222 e. The lowest BCUT2D eigenvalue weighted by Crippen LogP contribution is -2.34. The number of amides is 1. The molecule has 0 saturated carbocycles. The summed E-state index contributed by atoms with van der Waals surface area (Å²) < 4.78 is 0. The number of unbranched alkanes of at least 4 members (excludes halogenated alkanes) is 2. The van der Waals surface area contributed by atoms with Crippen LogP contribution >= 0.6 is 0 Å². The van der Waals surface area contributed by atoms with E-state index in [4.69, 9.17) is 5.26 Å². The summed E-state index contributed by atoms with van der Waals surface area (Å²) in [6.45, 7) is 6.73. The van der Waals surface area contributed by atoms with E-state index in [1.165, 1.54) is 5.56 Å². The van der Waals surface area contributed by atoms with Crippen molar-refractivity contribution in [2.45, 2.75) is 45.6 Å². The number of nitrogens with zero attached hydrogens (tertiary/aromatic N) is 3.